The fourth-order valence-corrected chi connectivity index (χ4v) is 9.82. The van der Waals surface area contributed by atoms with Crippen molar-refractivity contribution in [1.29, 1.82) is 0 Å². The molecule has 2 aromatic rings. The summed E-state index contributed by atoms with van der Waals surface area (Å²) in [7, 11) is 3.48. The van der Waals surface area contributed by atoms with Gasteiger partial charge >= 0.3 is 0 Å². The molecule has 0 spiro atoms. The van der Waals surface area contributed by atoms with Gasteiger partial charge in [-0.2, -0.15) is 0 Å². The van der Waals surface area contributed by atoms with E-state index in [1.807, 2.05) is 32.2 Å². The zero-order valence-corrected chi connectivity index (χ0v) is 22.9. The molecule has 0 saturated heterocycles. The van der Waals surface area contributed by atoms with E-state index in [0.29, 0.717) is 40.7 Å². The molecule has 1 aromatic carbocycles. The molecule has 0 bridgehead atoms. The number of ether oxygens (including phenoxy) is 2. The largest absolute Gasteiger partial charge is 0.494 e. The zero-order chi connectivity index (χ0) is 26.0. The Morgan fingerprint density at radius 3 is 2.70 bits per heavy atom. The van der Waals surface area contributed by atoms with Gasteiger partial charge in [-0.05, 0) is 111 Å². The van der Waals surface area contributed by atoms with Crippen molar-refractivity contribution in [1.82, 2.24) is 15.0 Å². The highest BCUT2D eigenvalue weighted by molar-refractivity contribution is 5.85. The van der Waals surface area contributed by atoms with Crippen LogP contribution in [-0.2, 0) is 16.1 Å². The van der Waals surface area contributed by atoms with Gasteiger partial charge < -0.3 is 14.6 Å². The molecule has 0 radical (unpaired) electrons. The molecule has 6 rings (SSSR count). The van der Waals surface area contributed by atoms with Crippen LogP contribution in [0.15, 0.2) is 18.2 Å². The molecule has 202 valence electrons. The third kappa shape index (κ3) is 3.86. The molecule has 1 heterocycles. The minimum Gasteiger partial charge on any atom is -0.494 e. The van der Waals surface area contributed by atoms with Crippen LogP contribution in [0, 0.1) is 40.4 Å². The van der Waals surface area contributed by atoms with Gasteiger partial charge in [-0.3, -0.25) is 4.79 Å². The second-order valence-electron chi connectivity index (χ2n) is 13.2. The average Bonchev–Trinajstić information content (AvgIpc) is 3.44. The first-order valence-corrected chi connectivity index (χ1v) is 14.3. The minimum absolute atomic E-state index is 0.0492. The molecule has 7 heteroatoms. The van der Waals surface area contributed by atoms with Crippen molar-refractivity contribution in [3.63, 3.8) is 0 Å². The normalized spacial score (nSPS) is 41.2. The quantitative estimate of drug-likeness (QED) is 0.587. The Labute approximate surface area is 220 Å². The van der Waals surface area contributed by atoms with Gasteiger partial charge in [0.1, 0.15) is 12.3 Å². The van der Waals surface area contributed by atoms with Crippen LogP contribution in [0.25, 0.3) is 11.0 Å². The summed E-state index contributed by atoms with van der Waals surface area (Å²) in [5.41, 5.74) is 1.25. The van der Waals surface area contributed by atoms with Gasteiger partial charge in [0.2, 0.25) is 0 Å². The first-order chi connectivity index (χ1) is 17.7. The summed E-state index contributed by atoms with van der Waals surface area (Å²) in [5, 5.41) is 19.5. The van der Waals surface area contributed by atoms with Crippen molar-refractivity contribution in [2.24, 2.45) is 40.4 Å². The number of methoxy groups -OCH3 is 2. The van der Waals surface area contributed by atoms with Crippen molar-refractivity contribution in [3.8, 4) is 5.75 Å². The van der Waals surface area contributed by atoms with Crippen molar-refractivity contribution < 1.29 is 19.4 Å². The van der Waals surface area contributed by atoms with Crippen LogP contribution in [0.4, 0.5) is 0 Å². The topological polar surface area (TPSA) is 86.5 Å². The fraction of sp³-hybridized carbons (Fsp3) is 0.767. The average molecular weight is 510 g/mol. The number of hydrogen-bond acceptors (Lipinski definition) is 6. The highest BCUT2D eigenvalue weighted by atomic mass is 16.5. The van der Waals surface area contributed by atoms with E-state index in [2.05, 4.69) is 17.2 Å². The Morgan fingerprint density at radius 1 is 1.08 bits per heavy atom. The Hall–Kier alpha value is -1.99. The number of aromatic nitrogens is 3. The highest BCUT2D eigenvalue weighted by Gasteiger charge is 2.63. The third-order valence-corrected chi connectivity index (χ3v) is 11.5. The molecule has 4 saturated carbocycles. The summed E-state index contributed by atoms with van der Waals surface area (Å²) in [4.78, 5) is 13.8. The molecule has 7 nitrogen and oxygen atoms in total. The van der Waals surface area contributed by atoms with Gasteiger partial charge in [0.15, 0.2) is 11.3 Å². The molecule has 0 amide bonds. The monoisotopic (exact) mass is 509 g/mol. The fourth-order valence-electron chi connectivity index (χ4n) is 9.82. The number of carbonyl (C=O) groups excluding carboxylic acids is 1. The summed E-state index contributed by atoms with van der Waals surface area (Å²) >= 11 is 0. The number of Topliss-reactive ketones (excluding diaryl/α,β-unsaturated/α-hetero) is 1. The van der Waals surface area contributed by atoms with Crippen LogP contribution in [-0.4, -0.2) is 52.3 Å². The smallest absolute Gasteiger partial charge is 0.157 e. The van der Waals surface area contributed by atoms with Gasteiger partial charge in [-0.25, -0.2) is 4.68 Å². The number of benzene rings is 1. The Bertz CT molecular complexity index is 1180. The molecular weight excluding hydrogens is 466 g/mol. The predicted molar refractivity (Wildman–Crippen MR) is 141 cm³/mol. The minimum atomic E-state index is -0.543. The van der Waals surface area contributed by atoms with Crippen LogP contribution in [0.3, 0.4) is 0 Å². The Balaban J connectivity index is 1.23. The van der Waals surface area contributed by atoms with E-state index >= 15 is 0 Å². The van der Waals surface area contributed by atoms with Gasteiger partial charge in [0.05, 0.1) is 24.8 Å². The van der Waals surface area contributed by atoms with Crippen molar-refractivity contribution in [3.05, 3.63) is 18.2 Å². The number of ketones is 1. The lowest BCUT2D eigenvalue weighted by Crippen LogP contribution is -2.58. The lowest BCUT2D eigenvalue weighted by Gasteiger charge is -2.62. The first-order valence-electron chi connectivity index (χ1n) is 14.3. The number of rotatable bonds is 6. The van der Waals surface area contributed by atoms with E-state index in [1.165, 1.54) is 19.3 Å². The van der Waals surface area contributed by atoms with Gasteiger partial charge in [0.25, 0.3) is 0 Å². The van der Waals surface area contributed by atoms with Crippen LogP contribution in [0.5, 0.6) is 5.75 Å². The zero-order valence-electron chi connectivity index (χ0n) is 22.9. The van der Waals surface area contributed by atoms with E-state index in [4.69, 9.17) is 9.47 Å². The standard InChI is InChI=1S/C30H43N3O4/c1-28(35)14-15-30(18-36-3)19(16-28)8-9-20-21-10-11-23(29(21,2)13-12-22(20)30)25(34)17-33-24-6-5-7-26(37-4)27(24)31-32-33/h5-7,19-23,35H,8-18H2,1-4H3/t19-,20+,21+,22+,23-,28-,29+,30-/m1/s1. The third-order valence-electron chi connectivity index (χ3n) is 11.5. The Kier molecular flexibility index (Phi) is 6.18. The summed E-state index contributed by atoms with van der Waals surface area (Å²) in [6.45, 7) is 5.51. The van der Waals surface area contributed by atoms with Crippen LogP contribution in [0.2, 0.25) is 0 Å². The number of hydrogen-bond donors (Lipinski definition) is 1. The maximum atomic E-state index is 13.8. The van der Waals surface area contributed by atoms with E-state index < -0.39 is 5.60 Å². The van der Waals surface area contributed by atoms with E-state index in [9.17, 15) is 9.90 Å². The summed E-state index contributed by atoms with van der Waals surface area (Å²) < 4.78 is 13.1. The molecule has 37 heavy (non-hydrogen) atoms. The number of fused-ring (bicyclic) bond motifs is 6. The lowest BCUT2D eigenvalue weighted by molar-refractivity contribution is -0.175. The van der Waals surface area contributed by atoms with Crippen LogP contribution < -0.4 is 4.74 Å². The SMILES string of the molecule is COC[C@]12CC[C@@](C)(O)C[C@H]1CC[C@H]1[C@@H]3CC[C@H](C(=O)Cn4nnc5c(OC)cccc54)[C@@]3(C)CC[C@@H]12. The van der Waals surface area contributed by atoms with Gasteiger partial charge in [-0.15, -0.1) is 5.10 Å². The molecule has 0 aliphatic heterocycles. The summed E-state index contributed by atoms with van der Waals surface area (Å²) in [6.07, 6.45) is 9.65. The van der Waals surface area contributed by atoms with Crippen LogP contribution >= 0.6 is 0 Å². The summed E-state index contributed by atoms with van der Waals surface area (Å²) in [6, 6.07) is 5.77. The second kappa shape index (κ2) is 9.04. The molecule has 1 N–H and O–H groups in total. The number of nitrogens with zero attached hydrogens (tertiary/aromatic N) is 3. The molecule has 1 aromatic heterocycles. The van der Waals surface area contributed by atoms with E-state index in [1.54, 1.807) is 11.8 Å². The van der Waals surface area contributed by atoms with Gasteiger partial charge in [0, 0.05) is 13.0 Å². The maximum absolute atomic E-state index is 13.8. The molecule has 4 aliphatic rings. The molecule has 4 fully saturated rings. The molecule has 4 aliphatic carbocycles. The number of carbonyl (C=O) groups is 1. The Morgan fingerprint density at radius 2 is 1.92 bits per heavy atom. The van der Waals surface area contributed by atoms with Crippen LogP contribution in [0.1, 0.15) is 71.6 Å². The predicted octanol–water partition coefficient (Wildman–Crippen LogP) is 5.05. The maximum Gasteiger partial charge on any atom is 0.157 e. The van der Waals surface area contributed by atoms with E-state index in [0.717, 1.165) is 50.6 Å². The molecule has 8 atom stereocenters. The lowest BCUT2D eigenvalue weighted by atomic mass is 9.43. The number of aliphatic hydroxyl groups is 1. The first kappa shape index (κ1) is 25.3. The summed E-state index contributed by atoms with van der Waals surface area (Å²) in [5.74, 6) is 3.48. The second-order valence-corrected chi connectivity index (χ2v) is 13.2. The van der Waals surface area contributed by atoms with Crippen molar-refractivity contribution in [2.45, 2.75) is 83.8 Å². The van der Waals surface area contributed by atoms with Gasteiger partial charge in [-0.1, -0.05) is 18.2 Å². The van der Waals surface area contributed by atoms with Crippen molar-refractivity contribution >= 4 is 16.8 Å². The molecular formula is C30H43N3O4. The van der Waals surface area contributed by atoms with Crippen molar-refractivity contribution in [2.75, 3.05) is 20.8 Å². The highest BCUT2D eigenvalue weighted by Crippen LogP contribution is 2.68. The van der Waals surface area contributed by atoms with E-state index in [-0.39, 0.29) is 23.3 Å². The molecule has 0 unspecified atom stereocenters.